The molecule has 1 aromatic carbocycles. The van der Waals surface area contributed by atoms with Crippen LogP contribution in [0.5, 0.6) is 0 Å². The van der Waals surface area contributed by atoms with Crippen molar-refractivity contribution in [3.63, 3.8) is 0 Å². The number of benzene rings is 1. The summed E-state index contributed by atoms with van der Waals surface area (Å²) < 4.78 is 38.2. The van der Waals surface area contributed by atoms with Gasteiger partial charge in [0.05, 0.1) is 11.3 Å². The van der Waals surface area contributed by atoms with Crippen LogP contribution in [-0.2, 0) is 12.7 Å². The number of aryl methyl sites for hydroxylation is 1. The highest BCUT2D eigenvalue weighted by atomic mass is 32.1. The fourth-order valence-corrected chi connectivity index (χ4v) is 2.24. The summed E-state index contributed by atoms with van der Waals surface area (Å²) in [6.07, 6.45) is -4.32. The Morgan fingerprint density at radius 1 is 1.28 bits per heavy atom. The summed E-state index contributed by atoms with van der Waals surface area (Å²) in [6.45, 7) is 1.95. The number of hydrogen-bond acceptors (Lipinski definition) is 3. The zero-order valence-electron chi connectivity index (χ0n) is 9.58. The van der Waals surface area contributed by atoms with Crippen molar-refractivity contribution in [2.45, 2.75) is 19.6 Å². The maximum atomic E-state index is 12.7. The third-order valence-corrected chi connectivity index (χ3v) is 3.29. The van der Waals surface area contributed by atoms with Crippen LogP contribution in [0, 0.1) is 6.92 Å². The van der Waals surface area contributed by atoms with Gasteiger partial charge in [0, 0.05) is 11.9 Å². The van der Waals surface area contributed by atoms with Gasteiger partial charge in [-0.3, -0.25) is 0 Å². The van der Waals surface area contributed by atoms with E-state index in [9.17, 15) is 13.2 Å². The maximum absolute atomic E-state index is 12.7. The zero-order valence-corrected chi connectivity index (χ0v) is 10.4. The Kier molecular flexibility index (Phi) is 3.56. The molecule has 0 unspecified atom stereocenters. The smallest absolute Gasteiger partial charge is 0.357 e. The van der Waals surface area contributed by atoms with E-state index < -0.39 is 11.7 Å². The van der Waals surface area contributed by atoms with Crippen molar-refractivity contribution < 1.29 is 13.2 Å². The summed E-state index contributed by atoms with van der Waals surface area (Å²) in [7, 11) is 0. The minimum absolute atomic E-state index is 0.114. The molecular weight excluding hydrogens is 261 g/mol. The molecule has 0 aliphatic carbocycles. The summed E-state index contributed by atoms with van der Waals surface area (Å²) >= 11 is 1.38. The second kappa shape index (κ2) is 4.97. The first kappa shape index (κ1) is 12.9. The largest absolute Gasteiger partial charge is 0.416 e. The molecule has 96 valence electrons. The molecule has 0 aliphatic rings. The first-order valence-corrected chi connectivity index (χ1v) is 6.16. The second-order valence-electron chi connectivity index (χ2n) is 3.80. The monoisotopic (exact) mass is 272 g/mol. The van der Waals surface area contributed by atoms with Gasteiger partial charge in [0.1, 0.15) is 0 Å². The highest BCUT2D eigenvalue weighted by molar-refractivity contribution is 7.13. The predicted molar refractivity (Wildman–Crippen MR) is 65.6 cm³/mol. The number of nitrogens with zero attached hydrogens (tertiary/aromatic N) is 1. The van der Waals surface area contributed by atoms with Crippen molar-refractivity contribution in [1.29, 1.82) is 0 Å². The molecule has 0 saturated carbocycles. The van der Waals surface area contributed by atoms with Crippen LogP contribution in [-0.4, -0.2) is 4.98 Å². The van der Waals surface area contributed by atoms with Crippen molar-refractivity contribution in [2.24, 2.45) is 0 Å². The molecule has 6 heteroatoms. The Balaban J connectivity index is 2.14. The van der Waals surface area contributed by atoms with Crippen molar-refractivity contribution in [2.75, 3.05) is 5.32 Å². The number of anilines is 1. The molecule has 0 fully saturated rings. The summed E-state index contributed by atoms with van der Waals surface area (Å²) in [5.41, 5.74) is 0.468. The van der Waals surface area contributed by atoms with Crippen LogP contribution in [0.2, 0.25) is 0 Å². The van der Waals surface area contributed by atoms with E-state index in [-0.39, 0.29) is 12.1 Å². The molecule has 1 N–H and O–H groups in total. The van der Waals surface area contributed by atoms with Crippen LogP contribution >= 0.6 is 11.3 Å². The molecule has 0 saturated heterocycles. The average molecular weight is 272 g/mol. The minimum atomic E-state index is -4.32. The molecular formula is C12H11F3N2S. The standard InChI is InChI=1S/C12H11F3N2S/c1-8-7-18-11(17-8)16-6-9-4-2-3-5-10(9)12(13,14)15/h2-5,7H,6H2,1H3,(H,16,17). The van der Waals surface area contributed by atoms with Gasteiger partial charge in [-0.2, -0.15) is 13.2 Å². The van der Waals surface area contributed by atoms with Gasteiger partial charge in [-0.15, -0.1) is 11.3 Å². The number of halogens is 3. The van der Waals surface area contributed by atoms with Gasteiger partial charge in [-0.1, -0.05) is 18.2 Å². The number of rotatable bonds is 3. The SMILES string of the molecule is Cc1csc(NCc2ccccc2C(F)(F)F)n1. The normalized spacial score (nSPS) is 11.6. The van der Waals surface area contributed by atoms with Crippen molar-refractivity contribution in [1.82, 2.24) is 4.98 Å². The number of alkyl halides is 3. The Bertz CT molecular complexity index is 534. The third-order valence-electron chi connectivity index (χ3n) is 2.37. The van der Waals surface area contributed by atoms with E-state index in [1.54, 1.807) is 6.07 Å². The molecule has 2 rings (SSSR count). The van der Waals surface area contributed by atoms with Gasteiger partial charge < -0.3 is 5.32 Å². The van der Waals surface area contributed by atoms with Crippen LogP contribution in [0.4, 0.5) is 18.3 Å². The first-order chi connectivity index (χ1) is 8.47. The topological polar surface area (TPSA) is 24.9 Å². The van der Waals surface area contributed by atoms with E-state index in [1.165, 1.54) is 23.5 Å². The summed E-state index contributed by atoms with van der Waals surface area (Å²) in [4.78, 5) is 4.14. The first-order valence-electron chi connectivity index (χ1n) is 5.28. The summed E-state index contributed by atoms with van der Waals surface area (Å²) in [5.74, 6) is 0. The second-order valence-corrected chi connectivity index (χ2v) is 4.66. The quantitative estimate of drug-likeness (QED) is 0.910. The van der Waals surface area contributed by atoms with Gasteiger partial charge in [0.2, 0.25) is 0 Å². The third kappa shape index (κ3) is 3.01. The van der Waals surface area contributed by atoms with Crippen molar-refractivity contribution >= 4 is 16.5 Å². The van der Waals surface area contributed by atoms with Crippen molar-refractivity contribution in [3.05, 3.63) is 46.5 Å². The van der Waals surface area contributed by atoms with E-state index in [2.05, 4.69) is 10.3 Å². The molecule has 2 aromatic rings. The summed E-state index contributed by atoms with van der Waals surface area (Å²) in [5, 5.41) is 5.38. The Morgan fingerprint density at radius 3 is 2.61 bits per heavy atom. The van der Waals surface area contributed by atoms with Crippen LogP contribution in [0.25, 0.3) is 0 Å². The molecule has 0 atom stereocenters. The minimum Gasteiger partial charge on any atom is -0.357 e. The highest BCUT2D eigenvalue weighted by Gasteiger charge is 2.32. The van der Waals surface area contributed by atoms with Gasteiger partial charge in [-0.05, 0) is 18.6 Å². The average Bonchev–Trinajstić information content (AvgIpc) is 2.72. The number of aromatic nitrogens is 1. The lowest BCUT2D eigenvalue weighted by molar-refractivity contribution is -0.138. The molecule has 18 heavy (non-hydrogen) atoms. The van der Waals surface area contributed by atoms with E-state index in [4.69, 9.17) is 0 Å². The zero-order chi connectivity index (χ0) is 13.2. The van der Waals surface area contributed by atoms with Gasteiger partial charge in [0.25, 0.3) is 0 Å². The number of nitrogens with one attached hydrogen (secondary N) is 1. The van der Waals surface area contributed by atoms with Gasteiger partial charge in [-0.25, -0.2) is 4.98 Å². The lowest BCUT2D eigenvalue weighted by Crippen LogP contribution is -2.11. The Hall–Kier alpha value is -1.56. The van der Waals surface area contributed by atoms with Gasteiger partial charge >= 0.3 is 6.18 Å². The lowest BCUT2D eigenvalue weighted by Gasteiger charge is -2.12. The van der Waals surface area contributed by atoms with Gasteiger partial charge in [0.15, 0.2) is 5.13 Å². The van der Waals surface area contributed by atoms with E-state index >= 15 is 0 Å². The molecule has 0 bridgehead atoms. The van der Waals surface area contributed by atoms with E-state index in [0.717, 1.165) is 11.8 Å². The molecule has 0 amide bonds. The molecule has 0 spiro atoms. The van der Waals surface area contributed by atoms with Crippen LogP contribution in [0.3, 0.4) is 0 Å². The van der Waals surface area contributed by atoms with Crippen LogP contribution < -0.4 is 5.32 Å². The molecule has 1 heterocycles. The fraction of sp³-hybridized carbons (Fsp3) is 0.250. The Morgan fingerprint density at radius 2 is 2.00 bits per heavy atom. The Labute approximate surface area is 106 Å². The summed E-state index contributed by atoms with van der Waals surface area (Å²) in [6, 6.07) is 5.54. The maximum Gasteiger partial charge on any atom is 0.416 e. The number of hydrogen-bond donors (Lipinski definition) is 1. The van der Waals surface area contributed by atoms with E-state index in [1.807, 2.05) is 12.3 Å². The molecule has 2 nitrogen and oxygen atoms in total. The van der Waals surface area contributed by atoms with E-state index in [0.29, 0.717) is 5.13 Å². The highest BCUT2D eigenvalue weighted by Crippen LogP contribution is 2.32. The molecule has 0 aliphatic heterocycles. The molecule has 0 radical (unpaired) electrons. The predicted octanol–water partition coefficient (Wildman–Crippen LogP) is 4.08. The molecule has 1 aromatic heterocycles. The lowest BCUT2D eigenvalue weighted by atomic mass is 10.1. The van der Waals surface area contributed by atoms with Crippen LogP contribution in [0.1, 0.15) is 16.8 Å². The number of thiazole rings is 1. The van der Waals surface area contributed by atoms with Crippen molar-refractivity contribution in [3.8, 4) is 0 Å². The fourth-order valence-electron chi connectivity index (χ4n) is 1.56. The van der Waals surface area contributed by atoms with Crippen LogP contribution in [0.15, 0.2) is 29.6 Å².